The Labute approximate surface area is 120 Å². The number of rotatable bonds is 2. The van der Waals surface area contributed by atoms with Gasteiger partial charge in [0.05, 0.1) is 6.07 Å². The predicted octanol–water partition coefficient (Wildman–Crippen LogP) is 1.56. The first-order valence-corrected chi connectivity index (χ1v) is 6.89. The zero-order valence-electron chi connectivity index (χ0n) is 10.7. The number of carbonyl (C=O) groups is 1. The molecular weight excluding hydrogens is 308 g/mol. The monoisotopic (exact) mass is 322 g/mol. The quantitative estimate of drug-likeness (QED) is 0.839. The van der Waals surface area contributed by atoms with Crippen molar-refractivity contribution in [2.45, 2.75) is 18.4 Å². The van der Waals surface area contributed by atoms with Crippen molar-refractivity contribution in [1.82, 2.24) is 15.2 Å². The van der Waals surface area contributed by atoms with Gasteiger partial charge in [-0.25, -0.2) is 4.98 Å². The van der Waals surface area contributed by atoms with Gasteiger partial charge in [0.25, 0.3) is 5.91 Å². The topological polar surface area (TPSA) is 69.0 Å². The third-order valence-corrected chi connectivity index (χ3v) is 3.80. The molecule has 19 heavy (non-hydrogen) atoms. The largest absolute Gasteiger partial charge is 0.332 e. The van der Waals surface area contributed by atoms with Gasteiger partial charge in [0.2, 0.25) is 0 Å². The van der Waals surface area contributed by atoms with E-state index in [2.05, 4.69) is 37.2 Å². The maximum Gasteiger partial charge on any atom is 0.271 e. The van der Waals surface area contributed by atoms with Gasteiger partial charge >= 0.3 is 0 Å². The van der Waals surface area contributed by atoms with E-state index in [1.165, 1.54) is 0 Å². The molecule has 1 saturated heterocycles. The van der Waals surface area contributed by atoms with Crippen LogP contribution in [-0.4, -0.2) is 41.5 Å². The van der Waals surface area contributed by atoms with Crippen molar-refractivity contribution in [3.63, 3.8) is 0 Å². The molecule has 100 valence electrons. The smallest absolute Gasteiger partial charge is 0.271 e. The van der Waals surface area contributed by atoms with Crippen LogP contribution in [0.4, 0.5) is 0 Å². The number of halogens is 1. The third kappa shape index (κ3) is 3.31. The summed E-state index contributed by atoms with van der Waals surface area (Å²) >= 11 is 3.23. The minimum atomic E-state index is -0.770. The number of nitrogens with zero attached hydrogens (tertiary/aromatic N) is 3. The van der Waals surface area contributed by atoms with Crippen molar-refractivity contribution in [2.75, 3.05) is 20.1 Å². The molecule has 2 rings (SSSR count). The summed E-state index contributed by atoms with van der Waals surface area (Å²) in [5.74, 6) is -0.299. The standard InChI is InChI=1S/C13H15BrN4O/c1-18-7-5-13(9-15,6-8-18)17-12(19)10-3-2-4-11(14)16-10/h2-4H,5-8H2,1H3,(H,17,19). The normalized spacial score (nSPS) is 18.6. The molecule has 0 unspecified atom stereocenters. The maximum absolute atomic E-state index is 12.2. The molecule has 0 aromatic carbocycles. The number of carbonyl (C=O) groups excluding carboxylic acids is 1. The van der Waals surface area contributed by atoms with Gasteiger partial charge in [-0.3, -0.25) is 4.79 Å². The van der Waals surface area contributed by atoms with Gasteiger partial charge in [-0.1, -0.05) is 6.07 Å². The number of nitriles is 1. The van der Waals surface area contributed by atoms with Crippen LogP contribution in [0.2, 0.25) is 0 Å². The Hall–Kier alpha value is -1.45. The van der Waals surface area contributed by atoms with E-state index >= 15 is 0 Å². The highest BCUT2D eigenvalue weighted by Crippen LogP contribution is 2.21. The fourth-order valence-corrected chi connectivity index (χ4v) is 2.42. The Bertz CT molecular complexity index is 518. The number of likely N-dealkylation sites (tertiary alicyclic amines) is 1. The van der Waals surface area contributed by atoms with Crippen molar-refractivity contribution in [3.05, 3.63) is 28.5 Å². The second-order valence-electron chi connectivity index (χ2n) is 4.80. The summed E-state index contributed by atoms with van der Waals surface area (Å²) in [7, 11) is 2.01. The van der Waals surface area contributed by atoms with Crippen LogP contribution >= 0.6 is 15.9 Å². The maximum atomic E-state index is 12.2. The highest BCUT2D eigenvalue weighted by atomic mass is 79.9. The Morgan fingerprint density at radius 1 is 1.53 bits per heavy atom. The Morgan fingerprint density at radius 2 is 2.21 bits per heavy atom. The minimum Gasteiger partial charge on any atom is -0.332 e. The van der Waals surface area contributed by atoms with Crippen molar-refractivity contribution in [2.24, 2.45) is 0 Å². The van der Waals surface area contributed by atoms with Gasteiger partial charge in [-0.2, -0.15) is 5.26 Å². The van der Waals surface area contributed by atoms with Crippen molar-refractivity contribution < 1.29 is 4.79 Å². The summed E-state index contributed by atoms with van der Waals surface area (Å²) in [5, 5.41) is 12.2. The van der Waals surface area contributed by atoms with E-state index in [-0.39, 0.29) is 5.91 Å². The van der Waals surface area contributed by atoms with Gasteiger partial charge in [0, 0.05) is 13.1 Å². The molecule has 1 aromatic heterocycles. The van der Waals surface area contributed by atoms with Gasteiger partial charge < -0.3 is 10.2 Å². The molecule has 0 aliphatic carbocycles. The van der Waals surface area contributed by atoms with Crippen LogP contribution in [-0.2, 0) is 0 Å². The second kappa shape index (κ2) is 5.68. The van der Waals surface area contributed by atoms with Crippen molar-refractivity contribution in [1.29, 1.82) is 5.26 Å². The number of piperidine rings is 1. The summed E-state index contributed by atoms with van der Waals surface area (Å²) in [5.41, 5.74) is -0.448. The Balaban J connectivity index is 2.11. The van der Waals surface area contributed by atoms with Gasteiger partial charge in [-0.05, 0) is 48.0 Å². The average Bonchev–Trinajstić information content (AvgIpc) is 2.42. The molecule has 0 atom stereocenters. The summed E-state index contributed by atoms with van der Waals surface area (Å²) in [6.07, 6.45) is 1.28. The molecule has 0 saturated carbocycles. The molecule has 0 bridgehead atoms. The van der Waals surface area contributed by atoms with Crippen LogP contribution in [0.1, 0.15) is 23.3 Å². The highest BCUT2D eigenvalue weighted by molar-refractivity contribution is 9.10. The molecule has 0 radical (unpaired) electrons. The fraction of sp³-hybridized carbons (Fsp3) is 0.462. The first-order valence-electron chi connectivity index (χ1n) is 6.09. The second-order valence-corrected chi connectivity index (χ2v) is 5.61. The van der Waals surface area contributed by atoms with E-state index in [1.54, 1.807) is 18.2 Å². The summed E-state index contributed by atoms with van der Waals surface area (Å²) in [6.45, 7) is 1.61. The summed E-state index contributed by atoms with van der Waals surface area (Å²) < 4.78 is 0.606. The first kappa shape index (κ1) is 14.0. The lowest BCUT2D eigenvalue weighted by Crippen LogP contribution is -2.53. The zero-order valence-corrected chi connectivity index (χ0v) is 12.3. The molecule has 1 aliphatic rings. The predicted molar refractivity (Wildman–Crippen MR) is 74.5 cm³/mol. The van der Waals surface area contributed by atoms with E-state index in [9.17, 15) is 10.1 Å². The lowest BCUT2D eigenvalue weighted by Gasteiger charge is -2.35. The third-order valence-electron chi connectivity index (χ3n) is 3.36. The van der Waals surface area contributed by atoms with Crippen LogP contribution in [0.5, 0.6) is 0 Å². The van der Waals surface area contributed by atoms with Crippen LogP contribution in [0.15, 0.2) is 22.8 Å². The van der Waals surface area contributed by atoms with Crippen LogP contribution in [0, 0.1) is 11.3 Å². The molecule has 2 heterocycles. The van der Waals surface area contributed by atoms with Crippen molar-refractivity contribution in [3.8, 4) is 6.07 Å². The van der Waals surface area contributed by atoms with Crippen LogP contribution in [0.3, 0.4) is 0 Å². The van der Waals surface area contributed by atoms with Crippen LogP contribution in [0.25, 0.3) is 0 Å². The number of amides is 1. The molecule has 1 fully saturated rings. The van der Waals surface area contributed by atoms with Gasteiger partial charge in [0.15, 0.2) is 0 Å². The molecule has 6 heteroatoms. The number of nitrogens with one attached hydrogen (secondary N) is 1. The SMILES string of the molecule is CN1CCC(C#N)(NC(=O)c2cccc(Br)n2)CC1. The lowest BCUT2D eigenvalue weighted by atomic mass is 9.89. The molecule has 1 aromatic rings. The average molecular weight is 323 g/mol. The highest BCUT2D eigenvalue weighted by Gasteiger charge is 2.35. The fourth-order valence-electron chi connectivity index (χ4n) is 2.08. The molecule has 1 aliphatic heterocycles. The number of hydrogen-bond acceptors (Lipinski definition) is 4. The number of hydrogen-bond donors (Lipinski definition) is 1. The number of pyridine rings is 1. The van der Waals surface area contributed by atoms with Gasteiger partial charge in [0.1, 0.15) is 15.8 Å². The zero-order chi connectivity index (χ0) is 13.9. The van der Waals surface area contributed by atoms with E-state index in [0.29, 0.717) is 23.1 Å². The van der Waals surface area contributed by atoms with E-state index in [4.69, 9.17) is 0 Å². The first-order chi connectivity index (χ1) is 9.04. The summed E-state index contributed by atoms with van der Waals surface area (Å²) in [6, 6.07) is 7.40. The molecule has 1 N–H and O–H groups in total. The van der Waals surface area contributed by atoms with E-state index in [0.717, 1.165) is 13.1 Å². The summed E-state index contributed by atoms with van der Waals surface area (Å²) in [4.78, 5) is 18.4. The number of aromatic nitrogens is 1. The van der Waals surface area contributed by atoms with Crippen molar-refractivity contribution >= 4 is 21.8 Å². The Morgan fingerprint density at radius 3 is 2.79 bits per heavy atom. The van der Waals surface area contributed by atoms with E-state index in [1.807, 2.05) is 7.05 Å². The lowest BCUT2D eigenvalue weighted by molar-refractivity contribution is 0.0876. The van der Waals surface area contributed by atoms with E-state index < -0.39 is 5.54 Å². The van der Waals surface area contributed by atoms with Gasteiger partial charge in [-0.15, -0.1) is 0 Å². The molecule has 1 amide bonds. The Kier molecular flexibility index (Phi) is 4.17. The van der Waals surface area contributed by atoms with Crippen LogP contribution < -0.4 is 5.32 Å². The molecule has 0 spiro atoms. The molecule has 5 nitrogen and oxygen atoms in total. The molecular formula is C13H15BrN4O. The minimum absolute atomic E-state index is 0.299.